The molecule has 1 aromatic carbocycles. The van der Waals surface area contributed by atoms with E-state index in [1.165, 1.54) is 6.07 Å². The number of hydrogen-bond donors (Lipinski definition) is 0. The lowest BCUT2D eigenvalue weighted by atomic mass is 10.0. The first-order chi connectivity index (χ1) is 6.56. The molecule has 4 heteroatoms. The molecule has 0 aliphatic heterocycles. The lowest BCUT2D eigenvalue weighted by Crippen LogP contribution is -2.04. The minimum atomic E-state index is -0.966. The van der Waals surface area contributed by atoms with Gasteiger partial charge in [0.2, 0.25) is 0 Å². The third-order valence-electron chi connectivity index (χ3n) is 1.90. The van der Waals surface area contributed by atoms with Crippen LogP contribution in [0.25, 0.3) is 0 Å². The van der Waals surface area contributed by atoms with Crippen molar-refractivity contribution < 1.29 is 13.6 Å². The van der Waals surface area contributed by atoms with Gasteiger partial charge < -0.3 is 4.79 Å². The summed E-state index contributed by atoms with van der Waals surface area (Å²) >= 11 is 5.68. The normalized spacial score (nSPS) is 12.6. The van der Waals surface area contributed by atoms with E-state index in [2.05, 4.69) is 0 Å². The van der Waals surface area contributed by atoms with Crippen LogP contribution in [0.15, 0.2) is 12.1 Å². The molecule has 0 saturated heterocycles. The van der Waals surface area contributed by atoms with Gasteiger partial charge in [0.15, 0.2) is 11.6 Å². The van der Waals surface area contributed by atoms with Crippen molar-refractivity contribution in [2.24, 2.45) is 5.92 Å². The number of aldehydes is 1. The highest BCUT2D eigenvalue weighted by atomic mass is 35.5. The fraction of sp³-hybridized carbons (Fsp3) is 0.300. The van der Waals surface area contributed by atoms with E-state index in [0.29, 0.717) is 6.29 Å². The Hall–Kier alpha value is -0.960. The van der Waals surface area contributed by atoms with Gasteiger partial charge in [-0.2, -0.15) is 0 Å². The average Bonchev–Trinajstić information content (AvgIpc) is 2.18. The molecule has 14 heavy (non-hydrogen) atoms. The Morgan fingerprint density at radius 3 is 2.71 bits per heavy atom. The number of carbonyl (C=O) groups is 1. The van der Waals surface area contributed by atoms with Gasteiger partial charge in [-0.3, -0.25) is 0 Å². The molecular weight excluding hydrogens is 210 g/mol. The Kier molecular flexibility index (Phi) is 3.58. The molecule has 0 aliphatic carbocycles. The maximum atomic E-state index is 13.2. The van der Waals surface area contributed by atoms with Crippen LogP contribution in [0.3, 0.4) is 0 Å². The highest BCUT2D eigenvalue weighted by molar-refractivity contribution is 6.31. The third-order valence-corrected chi connectivity index (χ3v) is 2.25. The first-order valence-corrected chi connectivity index (χ1v) is 4.51. The van der Waals surface area contributed by atoms with E-state index in [1.807, 2.05) is 0 Å². The smallest absolute Gasteiger partial charge is 0.163 e. The van der Waals surface area contributed by atoms with Gasteiger partial charge in [0, 0.05) is 16.5 Å². The average molecular weight is 219 g/mol. The van der Waals surface area contributed by atoms with Crippen LogP contribution in [0, 0.1) is 17.6 Å². The van der Waals surface area contributed by atoms with Crippen molar-refractivity contribution in [1.29, 1.82) is 0 Å². The standard InChI is InChI=1S/C10H9ClF2O/c1-6(5-14)4-7-8(11)2-3-9(12)10(7)13/h2-3,5-6H,4H2,1H3. The maximum Gasteiger partial charge on any atom is 0.163 e. The van der Waals surface area contributed by atoms with Crippen LogP contribution >= 0.6 is 11.6 Å². The Labute approximate surface area is 85.7 Å². The SMILES string of the molecule is CC(C=O)Cc1c(Cl)ccc(F)c1F. The van der Waals surface area contributed by atoms with Crippen LogP contribution in [0.2, 0.25) is 5.02 Å². The molecule has 0 heterocycles. The molecule has 0 spiro atoms. The van der Waals surface area contributed by atoms with Crippen molar-refractivity contribution in [2.45, 2.75) is 13.3 Å². The maximum absolute atomic E-state index is 13.2. The molecule has 0 radical (unpaired) electrons. The largest absolute Gasteiger partial charge is 0.303 e. The van der Waals surface area contributed by atoms with Crippen LogP contribution < -0.4 is 0 Å². The Bertz CT molecular complexity index is 352. The predicted octanol–water partition coefficient (Wildman–Crippen LogP) is 3.00. The summed E-state index contributed by atoms with van der Waals surface area (Å²) in [6.45, 7) is 1.62. The minimum Gasteiger partial charge on any atom is -0.303 e. The monoisotopic (exact) mass is 218 g/mol. The summed E-state index contributed by atoms with van der Waals surface area (Å²) in [5.41, 5.74) is 0.0614. The van der Waals surface area contributed by atoms with Crippen LogP contribution in [0.1, 0.15) is 12.5 Å². The molecule has 76 valence electrons. The zero-order valence-electron chi connectivity index (χ0n) is 7.56. The van der Waals surface area contributed by atoms with E-state index in [1.54, 1.807) is 6.92 Å². The molecule has 0 bridgehead atoms. The van der Waals surface area contributed by atoms with Crippen LogP contribution in [-0.2, 0) is 11.2 Å². The van der Waals surface area contributed by atoms with Crippen molar-refractivity contribution in [3.05, 3.63) is 34.4 Å². The number of benzene rings is 1. The summed E-state index contributed by atoms with van der Waals surface area (Å²) in [6.07, 6.45) is 0.798. The molecule has 0 amide bonds. The zero-order valence-corrected chi connectivity index (χ0v) is 8.31. The van der Waals surface area contributed by atoms with Crippen molar-refractivity contribution in [2.75, 3.05) is 0 Å². The third kappa shape index (κ3) is 2.29. The van der Waals surface area contributed by atoms with Gasteiger partial charge in [0.1, 0.15) is 6.29 Å². The molecule has 0 aromatic heterocycles. The first-order valence-electron chi connectivity index (χ1n) is 4.14. The second-order valence-electron chi connectivity index (χ2n) is 3.14. The van der Waals surface area contributed by atoms with E-state index >= 15 is 0 Å². The molecular formula is C10H9ClF2O. The fourth-order valence-corrected chi connectivity index (χ4v) is 1.35. The van der Waals surface area contributed by atoms with E-state index in [4.69, 9.17) is 11.6 Å². The molecule has 0 aliphatic rings. The van der Waals surface area contributed by atoms with Crippen molar-refractivity contribution in [1.82, 2.24) is 0 Å². The van der Waals surface area contributed by atoms with Gasteiger partial charge in [-0.15, -0.1) is 0 Å². The molecule has 1 unspecified atom stereocenters. The van der Waals surface area contributed by atoms with Gasteiger partial charge >= 0.3 is 0 Å². The molecule has 1 rings (SSSR count). The Morgan fingerprint density at radius 1 is 1.50 bits per heavy atom. The van der Waals surface area contributed by atoms with Gasteiger partial charge in [-0.05, 0) is 18.6 Å². The van der Waals surface area contributed by atoms with E-state index in [-0.39, 0.29) is 22.9 Å². The number of carbonyl (C=O) groups excluding carboxylic acids is 1. The highest BCUT2D eigenvalue weighted by Crippen LogP contribution is 2.23. The second kappa shape index (κ2) is 4.51. The summed E-state index contributed by atoms with van der Waals surface area (Å²) in [5.74, 6) is -2.28. The van der Waals surface area contributed by atoms with Crippen LogP contribution in [0.5, 0.6) is 0 Å². The van der Waals surface area contributed by atoms with Gasteiger partial charge in [0.05, 0.1) is 0 Å². The summed E-state index contributed by atoms with van der Waals surface area (Å²) in [7, 11) is 0. The van der Waals surface area contributed by atoms with Crippen molar-refractivity contribution in [3.8, 4) is 0 Å². The predicted molar refractivity (Wildman–Crippen MR) is 50.3 cm³/mol. The molecule has 1 atom stereocenters. The van der Waals surface area contributed by atoms with E-state index in [0.717, 1.165) is 6.07 Å². The number of hydrogen-bond acceptors (Lipinski definition) is 1. The molecule has 1 nitrogen and oxygen atoms in total. The fourth-order valence-electron chi connectivity index (χ4n) is 1.13. The first kappa shape index (κ1) is 11.1. The quantitative estimate of drug-likeness (QED) is 0.563. The summed E-state index contributed by atoms with van der Waals surface area (Å²) in [4.78, 5) is 10.4. The topological polar surface area (TPSA) is 17.1 Å². The molecule has 1 aromatic rings. The van der Waals surface area contributed by atoms with Crippen LogP contribution in [-0.4, -0.2) is 6.29 Å². The van der Waals surface area contributed by atoms with E-state index in [9.17, 15) is 13.6 Å². The molecule has 0 N–H and O–H groups in total. The Morgan fingerprint density at radius 2 is 2.14 bits per heavy atom. The highest BCUT2D eigenvalue weighted by Gasteiger charge is 2.14. The number of rotatable bonds is 3. The minimum absolute atomic E-state index is 0.0614. The summed E-state index contributed by atoms with van der Waals surface area (Å²) in [5, 5.41) is 0.151. The second-order valence-corrected chi connectivity index (χ2v) is 3.55. The van der Waals surface area contributed by atoms with Crippen molar-refractivity contribution >= 4 is 17.9 Å². The lowest BCUT2D eigenvalue weighted by molar-refractivity contribution is -0.110. The molecule has 0 saturated carbocycles. The summed E-state index contributed by atoms with van der Waals surface area (Å²) in [6, 6.07) is 2.25. The van der Waals surface area contributed by atoms with Crippen LogP contribution in [0.4, 0.5) is 8.78 Å². The van der Waals surface area contributed by atoms with Gasteiger partial charge in [0.25, 0.3) is 0 Å². The van der Waals surface area contributed by atoms with Gasteiger partial charge in [-0.25, -0.2) is 8.78 Å². The Balaban J connectivity index is 3.06. The lowest BCUT2D eigenvalue weighted by Gasteiger charge is -2.07. The zero-order chi connectivity index (χ0) is 10.7. The van der Waals surface area contributed by atoms with E-state index < -0.39 is 11.6 Å². The van der Waals surface area contributed by atoms with Crippen molar-refractivity contribution in [3.63, 3.8) is 0 Å². The van der Waals surface area contributed by atoms with Gasteiger partial charge in [-0.1, -0.05) is 18.5 Å². The number of halogens is 3. The summed E-state index contributed by atoms with van der Waals surface area (Å²) < 4.78 is 26.0. The molecule has 0 fully saturated rings.